The van der Waals surface area contributed by atoms with E-state index in [1.807, 2.05) is 0 Å². The molecule has 0 radical (unpaired) electrons. The smallest absolute Gasteiger partial charge is 0.0367 e. The minimum atomic E-state index is 1.15. The van der Waals surface area contributed by atoms with Gasteiger partial charge in [-0.3, -0.25) is 4.90 Å². The minimum Gasteiger partial charge on any atom is -0.369 e. The molecule has 1 saturated heterocycles. The Morgan fingerprint density at radius 3 is 2.00 bits per heavy atom. The van der Waals surface area contributed by atoms with Crippen LogP contribution in [0.2, 0.25) is 0 Å². The highest BCUT2D eigenvalue weighted by Crippen LogP contribution is 2.15. The molecule has 1 aliphatic heterocycles. The van der Waals surface area contributed by atoms with Crippen LogP contribution in [0, 0.1) is 0 Å². The number of hydrogen-bond acceptors (Lipinski definition) is 2. The fourth-order valence-corrected chi connectivity index (χ4v) is 3.02. The van der Waals surface area contributed by atoms with Gasteiger partial charge in [0.15, 0.2) is 0 Å². The summed E-state index contributed by atoms with van der Waals surface area (Å²) in [5, 5.41) is 0. The van der Waals surface area contributed by atoms with Gasteiger partial charge in [-0.15, -0.1) is 0 Å². The zero-order valence-corrected chi connectivity index (χ0v) is 12.6. The van der Waals surface area contributed by atoms with Crippen LogP contribution >= 0.6 is 0 Å². The van der Waals surface area contributed by atoms with E-state index in [-0.39, 0.29) is 0 Å². The molecular formula is C19H24N2. The molecule has 2 aromatic rings. The minimum absolute atomic E-state index is 1.15. The molecule has 1 fully saturated rings. The molecule has 0 unspecified atom stereocenters. The fraction of sp³-hybridized carbons (Fsp3) is 0.368. The number of anilines is 1. The lowest BCUT2D eigenvalue weighted by Gasteiger charge is -2.36. The van der Waals surface area contributed by atoms with Gasteiger partial charge < -0.3 is 4.90 Å². The molecule has 0 aliphatic carbocycles. The van der Waals surface area contributed by atoms with E-state index in [9.17, 15) is 0 Å². The van der Waals surface area contributed by atoms with Crippen molar-refractivity contribution in [2.75, 3.05) is 37.6 Å². The highest BCUT2D eigenvalue weighted by atomic mass is 15.3. The quantitative estimate of drug-likeness (QED) is 0.828. The molecule has 0 spiro atoms. The fourth-order valence-electron chi connectivity index (χ4n) is 3.02. The first-order valence-corrected chi connectivity index (χ1v) is 7.98. The number of para-hydroxylation sites is 1. The summed E-state index contributed by atoms with van der Waals surface area (Å²) >= 11 is 0. The molecule has 0 N–H and O–H groups in total. The molecule has 0 amide bonds. The second-order valence-corrected chi connectivity index (χ2v) is 5.75. The van der Waals surface area contributed by atoms with E-state index in [2.05, 4.69) is 70.5 Å². The molecule has 1 aliphatic rings. The Balaban J connectivity index is 1.40. The van der Waals surface area contributed by atoms with Gasteiger partial charge in [-0.25, -0.2) is 0 Å². The van der Waals surface area contributed by atoms with Crippen molar-refractivity contribution >= 4 is 5.69 Å². The molecule has 0 aromatic heterocycles. The van der Waals surface area contributed by atoms with Gasteiger partial charge in [0.05, 0.1) is 0 Å². The summed E-state index contributed by atoms with van der Waals surface area (Å²) < 4.78 is 0. The first kappa shape index (κ1) is 14.2. The largest absolute Gasteiger partial charge is 0.369 e. The van der Waals surface area contributed by atoms with Gasteiger partial charge in [-0.2, -0.15) is 0 Å². The maximum absolute atomic E-state index is 2.60. The summed E-state index contributed by atoms with van der Waals surface area (Å²) in [7, 11) is 0. The Kier molecular flexibility index (Phi) is 4.90. The Labute approximate surface area is 128 Å². The van der Waals surface area contributed by atoms with Crippen molar-refractivity contribution in [1.82, 2.24) is 4.90 Å². The van der Waals surface area contributed by atoms with Gasteiger partial charge >= 0.3 is 0 Å². The lowest BCUT2D eigenvalue weighted by Crippen LogP contribution is -2.46. The van der Waals surface area contributed by atoms with Crippen molar-refractivity contribution in [3.8, 4) is 0 Å². The standard InChI is InChI=1S/C19H24N2/c1-3-8-18(9-4-1)10-7-13-20-14-16-21(17-15-20)19-11-5-2-6-12-19/h1-6,8-9,11-12H,7,10,13-17H2. The van der Waals surface area contributed by atoms with Gasteiger partial charge in [0.2, 0.25) is 0 Å². The van der Waals surface area contributed by atoms with Crippen LogP contribution in [0.1, 0.15) is 12.0 Å². The third kappa shape index (κ3) is 4.08. The number of aryl methyl sites for hydroxylation is 1. The predicted octanol–water partition coefficient (Wildman–Crippen LogP) is 3.44. The monoisotopic (exact) mass is 280 g/mol. The molecule has 110 valence electrons. The molecular weight excluding hydrogens is 256 g/mol. The zero-order chi connectivity index (χ0) is 14.3. The first-order valence-electron chi connectivity index (χ1n) is 7.98. The van der Waals surface area contributed by atoms with E-state index in [1.54, 1.807) is 0 Å². The molecule has 2 heteroatoms. The highest BCUT2D eigenvalue weighted by molar-refractivity contribution is 5.46. The molecule has 21 heavy (non-hydrogen) atoms. The van der Waals surface area contributed by atoms with Crippen LogP contribution in [0.3, 0.4) is 0 Å². The van der Waals surface area contributed by atoms with Gasteiger partial charge in [-0.05, 0) is 37.1 Å². The zero-order valence-electron chi connectivity index (χ0n) is 12.6. The maximum atomic E-state index is 2.60. The summed E-state index contributed by atoms with van der Waals surface area (Å²) in [6, 6.07) is 21.6. The average molecular weight is 280 g/mol. The summed E-state index contributed by atoms with van der Waals surface area (Å²) in [6.45, 7) is 5.88. The Hall–Kier alpha value is -1.80. The number of hydrogen-bond donors (Lipinski definition) is 0. The van der Waals surface area contributed by atoms with Crippen molar-refractivity contribution in [2.45, 2.75) is 12.8 Å². The maximum Gasteiger partial charge on any atom is 0.0367 e. The lowest BCUT2D eigenvalue weighted by atomic mass is 10.1. The molecule has 2 nitrogen and oxygen atoms in total. The second-order valence-electron chi connectivity index (χ2n) is 5.75. The van der Waals surface area contributed by atoms with Crippen LogP contribution < -0.4 is 4.90 Å². The van der Waals surface area contributed by atoms with E-state index in [4.69, 9.17) is 0 Å². The third-order valence-corrected chi connectivity index (χ3v) is 4.28. The van der Waals surface area contributed by atoms with Gasteiger partial charge in [0.1, 0.15) is 0 Å². The van der Waals surface area contributed by atoms with Crippen LogP contribution in [-0.2, 0) is 6.42 Å². The highest BCUT2D eigenvalue weighted by Gasteiger charge is 2.16. The van der Waals surface area contributed by atoms with Crippen molar-refractivity contribution in [3.63, 3.8) is 0 Å². The SMILES string of the molecule is c1ccc(CCCN2CCN(c3ccccc3)CC2)cc1. The number of rotatable bonds is 5. The van der Waals surface area contributed by atoms with Crippen molar-refractivity contribution in [3.05, 3.63) is 66.2 Å². The summed E-state index contributed by atoms with van der Waals surface area (Å²) in [4.78, 5) is 5.09. The van der Waals surface area contributed by atoms with Gasteiger partial charge in [0.25, 0.3) is 0 Å². The Morgan fingerprint density at radius 2 is 1.33 bits per heavy atom. The predicted molar refractivity (Wildman–Crippen MR) is 89.9 cm³/mol. The van der Waals surface area contributed by atoms with Crippen molar-refractivity contribution < 1.29 is 0 Å². The molecule has 1 heterocycles. The van der Waals surface area contributed by atoms with E-state index >= 15 is 0 Å². The third-order valence-electron chi connectivity index (χ3n) is 4.28. The number of nitrogens with zero attached hydrogens (tertiary/aromatic N) is 2. The molecule has 0 atom stereocenters. The van der Waals surface area contributed by atoms with E-state index < -0.39 is 0 Å². The molecule has 0 saturated carbocycles. The first-order chi connectivity index (χ1) is 10.4. The molecule has 0 bridgehead atoms. The van der Waals surface area contributed by atoms with Crippen LogP contribution in [0.15, 0.2) is 60.7 Å². The lowest BCUT2D eigenvalue weighted by molar-refractivity contribution is 0.255. The van der Waals surface area contributed by atoms with Crippen LogP contribution in [0.4, 0.5) is 5.69 Å². The van der Waals surface area contributed by atoms with Crippen LogP contribution in [-0.4, -0.2) is 37.6 Å². The van der Waals surface area contributed by atoms with Crippen LogP contribution in [0.5, 0.6) is 0 Å². The second kappa shape index (κ2) is 7.28. The molecule has 3 rings (SSSR count). The van der Waals surface area contributed by atoms with Gasteiger partial charge in [-0.1, -0.05) is 48.5 Å². The van der Waals surface area contributed by atoms with Crippen molar-refractivity contribution in [2.24, 2.45) is 0 Å². The Bertz CT molecular complexity index is 513. The summed E-state index contributed by atoms with van der Waals surface area (Å²) in [6.07, 6.45) is 2.45. The number of benzene rings is 2. The summed E-state index contributed by atoms with van der Waals surface area (Å²) in [5.41, 5.74) is 2.82. The topological polar surface area (TPSA) is 6.48 Å². The van der Waals surface area contributed by atoms with Crippen LogP contribution in [0.25, 0.3) is 0 Å². The number of piperazine rings is 1. The normalized spacial score (nSPS) is 16.1. The van der Waals surface area contributed by atoms with E-state index in [0.717, 1.165) is 13.1 Å². The summed E-state index contributed by atoms with van der Waals surface area (Å²) in [5.74, 6) is 0. The van der Waals surface area contributed by atoms with E-state index in [1.165, 1.54) is 43.7 Å². The van der Waals surface area contributed by atoms with Crippen molar-refractivity contribution in [1.29, 1.82) is 0 Å². The van der Waals surface area contributed by atoms with Gasteiger partial charge in [0, 0.05) is 31.9 Å². The Morgan fingerprint density at radius 1 is 0.714 bits per heavy atom. The molecule has 2 aromatic carbocycles. The van der Waals surface area contributed by atoms with E-state index in [0.29, 0.717) is 0 Å². The average Bonchev–Trinajstić information content (AvgIpc) is 2.57.